The van der Waals surface area contributed by atoms with E-state index in [2.05, 4.69) is 26.0 Å². The van der Waals surface area contributed by atoms with E-state index in [1.807, 2.05) is 37.3 Å². The summed E-state index contributed by atoms with van der Waals surface area (Å²) in [5.41, 5.74) is 7.36. The number of amides is 3. The number of carboxylic acids is 1. The van der Waals surface area contributed by atoms with Gasteiger partial charge in [-0.2, -0.15) is 0 Å². The SMILES string of the molecule is COc1ccc(C(C)NC(=O)c2cc(N3CCN(CC4CC4)CC3)ccc2CCC(=O)NNC(=O)/C=C/C(=O)O)cc1OC. The fraction of sp³-hybridized carbons (Fsp3) is 0.438. The average Bonchev–Trinajstić information content (AvgIpc) is 3.85. The molecule has 236 valence electrons. The largest absolute Gasteiger partial charge is 0.493 e. The van der Waals surface area contributed by atoms with Crippen molar-refractivity contribution in [3.8, 4) is 11.5 Å². The number of hydrogen-bond donors (Lipinski definition) is 4. The van der Waals surface area contributed by atoms with Crippen LogP contribution >= 0.6 is 0 Å². The molecule has 44 heavy (non-hydrogen) atoms. The Morgan fingerprint density at radius 2 is 1.68 bits per heavy atom. The number of benzene rings is 2. The summed E-state index contributed by atoms with van der Waals surface area (Å²) < 4.78 is 10.8. The molecule has 1 atom stereocenters. The maximum absolute atomic E-state index is 13.7. The first-order valence-electron chi connectivity index (χ1n) is 14.8. The number of nitrogens with zero attached hydrogens (tertiary/aromatic N) is 2. The van der Waals surface area contributed by atoms with E-state index < -0.39 is 17.8 Å². The van der Waals surface area contributed by atoms with Crippen LogP contribution in [0.3, 0.4) is 0 Å². The van der Waals surface area contributed by atoms with E-state index in [0.717, 1.165) is 56.0 Å². The van der Waals surface area contributed by atoms with Crippen LogP contribution in [0.15, 0.2) is 48.6 Å². The molecule has 4 rings (SSSR count). The van der Waals surface area contributed by atoms with E-state index >= 15 is 0 Å². The molecule has 0 bridgehead atoms. The van der Waals surface area contributed by atoms with E-state index in [9.17, 15) is 19.2 Å². The minimum Gasteiger partial charge on any atom is -0.493 e. The molecule has 1 saturated carbocycles. The van der Waals surface area contributed by atoms with Gasteiger partial charge in [0.2, 0.25) is 5.91 Å². The van der Waals surface area contributed by atoms with E-state index in [0.29, 0.717) is 28.7 Å². The van der Waals surface area contributed by atoms with Gasteiger partial charge in [-0.15, -0.1) is 0 Å². The lowest BCUT2D eigenvalue weighted by atomic mass is 9.99. The number of rotatable bonds is 13. The molecule has 3 amide bonds. The number of aliphatic carboxylic acids is 1. The molecular weight excluding hydrogens is 566 g/mol. The second kappa shape index (κ2) is 15.2. The van der Waals surface area contributed by atoms with Crippen molar-refractivity contribution in [2.24, 2.45) is 5.92 Å². The molecule has 12 nitrogen and oxygen atoms in total. The molecule has 2 aromatic carbocycles. The molecule has 2 aliphatic rings. The lowest BCUT2D eigenvalue weighted by Gasteiger charge is -2.36. The zero-order valence-electron chi connectivity index (χ0n) is 25.4. The molecule has 0 aromatic heterocycles. The zero-order valence-corrected chi connectivity index (χ0v) is 25.4. The monoisotopic (exact) mass is 607 g/mol. The average molecular weight is 608 g/mol. The van der Waals surface area contributed by atoms with Crippen molar-refractivity contribution in [1.82, 2.24) is 21.1 Å². The van der Waals surface area contributed by atoms with Crippen molar-refractivity contribution in [3.05, 3.63) is 65.2 Å². The standard InChI is InChI=1S/C32H41N5O7/c1-21(24-7-10-27(43-2)28(18-24)44-3)33-32(42)26-19-25(37-16-14-36(15-17-37)20-22-4-5-22)9-6-23(26)8-11-29(38)34-35-30(39)12-13-31(40)41/h6-7,9-10,12-13,18-19,21-22H,4-5,8,11,14-17,20H2,1-3H3,(H,33,42)(H,34,38)(H,35,39)(H,40,41)/b13-12+. The summed E-state index contributed by atoms with van der Waals surface area (Å²) in [5, 5.41) is 11.7. The van der Waals surface area contributed by atoms with Gasteiger partial charge >= 0.3 is 5.97 Å². The lowest BCUT2D eigenvalue weighted by Crippen LogP contribution is -2.47. The van der Waals surface area contributed by atoms with Gasteiger partial charge in [0.25, 0.3) is 11.8 Å². The van der Waals surface area contributed by atoms with Crippen molar-refractivity contribution in [1.29, 1.82) is 0 Å². The number of ether oxygens (including phenoxy) is 2. The maximum atomic E-state index is 13.7. The fourth-order valence-corrected chi connectivity index (χ4v) is 5.16. The Morgan fingerprint density at radius 3 is 2.34 bits per heavy atom. The molecule has 1 aliphatic heterocycles. The zero-order chi connectivity index (χ0) is 31.6. The summed E-state index contributed by atoms with van der Waals surface area (Å²) >= 11 is 0. The van der Waals surface area contributed by atoms with Gasteiger partial charge in [0.15, 0.2) is 11.5 Å². The number of nitrogens with one attached hydrogen (secondary N) is 3. The molecular formula is C32H41N5O7. The van der Waals surface area contributed by atoms with Crippen LogP contribution in [-0.2, 0) is 20.8 Å². The summed E-state index contributed by atoms with van der Waals surface area (Å²) in [6.45, 7) is 6.73. The molecule has 12 heteroatoms. The van der Waals surface area contributed by atoms with Gasteiger partial charge < -0.3 is 24.8 Å². The molecule has 1 unspecified atom stereocenters. The van der Waals surface area contributed by atoms with E-state index in [4.69, 9.17) is 14.6 Å². The van der Waals surface area contributed by atoms with Gasteiger partial charge in [0.1, 0.15) is 0 Å². The second-order valence-electron chi connectivity index (χ2n) is 11.1. The van der Waals surface area contributed by atoms with Crippen LogP contribution in [0, 0.1) is 5.92 Å². The van der Waals surface area contributed by atoms with Crippen LogP contribution in [0.4, 0.5) is 5.69 Å². The van der Waals surface area contributed by atoms with Crippen molar-refractivity contribution in [2.45, 2.75) is 38.6 Å². The van der Waals surface area contributed by atoms with Crippen LogP contribution in [0.2, 0.25) is 0 Å². The Labute approximate surface area is 257 Å². The molecule has 1 heterocycles. The van der Waals surface area contributed by atoms with Gasteiger partial charge in [0, 0.05) is 62.5 Å². The van der Waals surface area contributed by atoms with Crippen molar-refractivity contribution < 1.29 is 33.8 Å². The van der Waals surface area contributed by atoms with Crippen LogP contribution < -0.4 is 30.5 Å². The van der Waals surface area contributed by atoms with Gasteiger partial charge in [0.05, 0.1) is 20.3 Å². The quantitative estimate of drug-likeness (QED) is 0.199. The summed E-state index contributed by atoms with van der Waals surface area (Å²) in [5.74, 6) is -0.809. The number of carboxylic acid groups (broad SMARTS) is 1. The predicted octanol–water partition coefficient (Wildman–Crippen LogP) is 2.45. The van der Waals surface area contributed by atoms with Gasteiger partial charge in [-0.3, -0.25) is 30.1 Å². The first kappa shape index (κ1) is 32.3. The number of carbonyl (C=O) groups is 4. The molecule has 4 N–H and O–H groups in total. The molecule has 1 aliphatic carbocycles. The molecule has 2 fully saturated rings. The summed E-state index contributed by atoms with van der Waals surface area (Å²) in [7, 11) is 3.12. The Morgan fingerprint density at radius 1 is 0.955 bits per heavy atom. The van der Waals surface area contributed by atoms with Gasteiger partial charge in [-0.05, 0) is 67.5 Å². The smallest absolute Gasteiger partial charge is 0.328 e. The van der Waals surface area contributed by atoms with Crippen molar-refractivity contribution in [3.63, 3.8) is 0 Å². The van der Waals surface area contributed by atoms with Crippen LogP contribution in [0.1, 0.15) is 53.7 Å². The Bertz CT molecular complexity index is 1380. The number of piperazine rings is 1. The third-order valence-corrected chi connectivity index (χ3v) is 7.87. The second-order valence-corrected chi connectivity index (χ2v) is 11.1. The maximum Gasteiger partial charge on any atom is 0.328 e. The highest BCUT2D eigenvalue weighted by molar-refractivity contribution is 5.97. The fourth-order valence-electron chi connectivity index (χ4n) is 5.16. The predicted molar refractivity (Wildman–Crippen MR) is 165 cm³/mol. The highest BCUT2D eigenvalue weighted by atomic mass is 16.5. The summed E-state index contributed by atoms with van der Waals surface area (Å²) in [6, 6.07) is 10.9. The Kier molecular flexibility index (Phi) is 11.2. The number of hydrogen-bond acceptors (Lipinski definition) is 8. The number of hydrazine groups is 1. The van der Waals surface area contributed by atoms with Crippen LogP contribution in [0.25, 0.3) is 0 Å². The van der Waals surface area contributed by atoms with Crippen molar-refractivity contribution in [2.75, 3.05) is 51.8 Å². The van der Waals surface area contributed by atoms with Crippen LogP contribution in [-0.4, -0.2) is 80.6 Å². The topological polar surface area (TPSA) is 150 Å². The van der Waals surface area contributed by atoms with Gasteiger partial charge in [-0.1, -0.05) is 12.1 Å². The Hall–Kier alpha value is -4.58. The van der Waals surface area contributed by atoms with Crippen molar-refractivity contribution >= 4 is 29.4 Å². The molecule has 2 aromatic rings. The highest BCUT2D eigenvalue weighted by Gasteiger charge is 2.27. The highest BCUT2D eigenvalue weighted by Crippen LogP contribution is 2.31. The minimum atomic E-state index is -1.28. The number of carbonyl (C=O) groups excluding carboxylic acids is 3. The van der Waals surface area contributed by atoms with E-state index in [1.54, 1.807) is 20.3 Å². The molecule has 0 radical (unpaired) electrons. The molecule has 1 saturated heterocycles. The first-order chi connectivity index (χ1) is 21.2. The number of anilines is 1. The normalized spacial score (nSPS) is 15.8. The third-order valence-electron chi connectivity index (χ3n) is 7.87. The molecule has 0 spiro atoms. The number of methoxy groups -OCH3 is 2. The van der Waals surface area contributed by atoms with Gasteiger partial charge in [-0.25, -0.2) is 4.79 Å². The summed E-state index contributed by atoms with van der Waals surface area (Å²) in [6.07, 6.45) is 4.37. The minimum absolute atomic E-state index is 0.00632. The first-order valence-corrected chi connectivity index (χ1v) is 14.8. The van der Waals surface area contributed by atoms with E-state index in [1.165, 1.54) is 12.8 Å². The Balaban J connectivity index is 1.46. The number of aryl methyl sites for hydroxylation is 1. The van der Waals surface area contributed by atoms with Crippen LogP contribution in [0.5, 0.6) is 11.5 Å². The summed E-state index contributed by atoms with van der Waals surface area (Å²) in [4.78, 5) is 53.2. The van der Waals surface area contributed by atoms with E-state index in [-0.39, 0.29) is 24.8 Å². The lowest BCUT2D eigenvalue weighted by molar-refractivity contribution is -0.131. The third kappa shape index (κ3) is 9.21.